The molecule has 0 bridgehead atoms. The largest absolute Gasteiger partial charge is 0.361 e. The summed E-state index contributed by atoms with van der Waals surface area (Å²) < 4.78 is 0. The number of fused-ring (bicyclic) bond motifs is 3. The van der Waals surface area contributed by atoms with Gasteiger partial charge in [-0.2, -0.15) is 5.26 Å². The van der Waals surface area contributed by atoms with Gasteiger partial charge in [0.1, 0.15) is 10.9 Å². The minimum absolute atomic E-state index is 0.0750. The van der Waals surface area contributed by atoms with E-state index in [4.69, 9.17) is 5.26 Å². The van der Waals surface area contributed by atoms with Gasteiger partial charge in [-0.15, -0.1) is 11.3 Å². The van der Waals surface area contributed by atoms with Gasteiger partial charge in [0, 0.05) is 44.8 Å². The van der Waals surface area contributed by atoms with Crippen molar-refractivity contribution in [3.8, 4) is 6.07 Å². The Morgan fingerprint density at radius 1 is 1.21 bits per heavy atom. The molecule has 0 aliphatic carbocycles. The van der Waals surface area contributed by atoms with E-state index in [-0.39, 0.29) is 11.8 Å². The Morgan fingerprint density at radius 2 is 2.07 bits per heavy atom. The summed E-state index contributed by atoms with van der Waals surface area (Å²) in [7, 11) is 0. The number of nitrogens with one attached hydrogen (secondary N) is 1. The standard InChI is InChI=1S/C22H23N5OS/c23-13-16-4-6-20(29-16)27-10-8-26(9-11-27)14-15-3-5-17-19(12-15)25-22(28)18-2-1-7-24-21(17)18/h3-6,12,18H,1-2,7-11,14H2,(H,25,28). The highest BCUT2D eigenvalue weighted by Crippen LogP contribution is 2.32. The molecule has 1 aromatic carbocycles. The summed E-state index contributed by atoms with van der Waals surface area (Å²) in [6.07, 6.45) is 1.89. The van der Waals surface area contributed by atoms with E-state index in [2.05, 4.69) is 44.4 Å². The van der Waals surface area contributed by atoms with Crippen LogP contribution in [0.4, 0.5) is 10.7 Å². The Balaban J connectivity index is 1.25. The molecule has 1 saturated heterocycles. The zero-order chi connectivity index (χ0) is 19.8. The predicted octanol–water partition coefficient (Wildman–Crippen LogP) is 3.09. The predicted molar refractivity (Wildman–Crippen MR) is 116 cm³/mol. The summed E-state index contributed by atoms with van der Waals surface area (Å²) in [5, 5.41) is 13.3. The van der Waals surface area contributed by atoms with Gasteiger partial charge in [0.15, 0.2) is 0 Å². The van der Waals surface area contributed by atoms with E-state index in [1.54, 1.807) is 11.3 Å². The van der Waals surface area contributed by atoms with E-state index in [0.29, 0.717) is 0 Å². The molecule has 0 radical (unpaired) electrons. The summed E-state index contributed by atoms with van der Waals surface area (Å²) in [6, 6.07) is 12.6. The molecule has 3 aliphatic rings. The zero-order valence-electron chi connectivity index (χ0n) is 16.2. The van der Waals surface area contributed by atoms with Crippen LogP contribution >= 0.6 is 11.3 Å². The average Bonchev–Trinajstić information content (AvgIpc) is 3.24. The molecule has 3 aliphatic heterocycles. The minimum Gasteiger partial charge on any atom is -0.361 e. The number of rotatable bonds is 3. The molecule has 2 aromatic rings. The van der Waals surface area contributed by atoms with E-state index in [1.165, 1.54) is 10.6 Å². The fourth-order valence-electron chi connectivity index (χ4n) is 4.45. The van der Waals surface area contributed by atoms with Crippen LogP contribution in [0.15, 0.2) is 35.3 Å². The fraction of sp³-hybridized carbons (Fsp3) is 0.409. The van der Waals surface area contributed by atoms with Crippen molar-refractivity contribution in [2.24, 2.45) is 10.9 Å². The van der Waals surface area contributed by atoms with Crippen molar-refractivity contribution in [3.05, 3.63) is 46.3 Å². The van der Waals surface area contributed by atoms with Crippen LogP contribution in [0.1, 0.15) is 28.8 Å². The van der Waals surface area contributed by atoms with E-state index in [9.17, 15) is 4.79 Å². The molecule has 0 spiro atoms. The van der Waals surface area contributed by atoms with Gasteiger partial charge in [-0.05, 0) is 36.6 Å². The van der Waals surface area contributed by atoms with Gasteiger partial charge in [-0.1, -0.05) is 12.1 Å². The van der Waals surface area contributed by atoms with Gasteiger partial charge >= 0.3 is 0 Å². The van der Waals surface area contributed by atoms with Crippen molar-refractivity contribution in [1.82, 2.24) is 4.90 Å². The second-order valence-corrected chi connectivity index (χ2v) is 8.91. The van der Waals surface area contributed by atoms with Gasteiger partial charge in [0.05, 0.1) is 22.3 Å². The molecule has 148 valence electrons. The number of piperazine rings is 1. The molecule has 7 heteroatoms. The molecule has 1 unspecified atom stereocenters. The Kier molecular flexibility index (Phi) is 4.82. The molecule has 1 aromatic heterocycles. The topological polar surface area (TPSA) is 71.7 Å². The van der Waals surface area contributed by atoms with Crippen LogP contribution in [0.2, 0.25) is 0 Å². The lowest BCUT2D eigenvalue weighted by Gasteiger charge is -2.35. The van der Waals surface area contributed by atoms with Crippen molar-refractivity contribution in [2.75, 3.05) is 42.9 Å². The first-order chi connectivity index (χ1) is 14.2. The van der Waals surface area contributed by atoms with Gasteiger partial charge < -0.3 is 10.2 Å². The Morgan fingerprint density at radius 3 is 2.86 bits per heavy atom. The number of nitriles is 1. The lowest BCUT2D eigenvalue weighted by Crippen LogP contribution is -2.45. The molecular weight excluding hydrogens is 382 g/mol. The lowest BCUT2D eigenvalue weighted by molar-refractivity contribution is -0.118. The third-order valence-electron chi connectivity index (χ3n) is 5.99. The van der Waals surface area contributed by atoms with Crippen LogP contribution in [0.3, 0.4) is 0 Å². The number of amides is 1. The lowest BCUT2D eigenvalue weighted by atomic mass is 9.85. The molecule has 1 fully saturated rings. The van der Waals surface area contributed by atoms with Gasteiger partial charge in [0.2, 0.25) is 5.91 Å². The number of carbonyl (C=O) groups excluding carboxylic acids is 1. The SMILES string of the molecule is N#Cc1ccc(N2CCN(Cc3ccc4c(c3)NC(=O)C3CCCN=C43)CC2)s1. The summed E-state index contributed by atoms with van der Waals surface area (Å²) in [5.41, 5.74) is 4.19. The normalized spacial score (nSPS) is 21.6. The Bertz CT molecular complexity index is 1010. The van der Waals surface area contributed by atoms with Crippen molar-refractivity contribution in [2.45, 2.75) is 19.4 Å². The maximum absolute atomic E-state index is 12.5. The van der Waals surface area contributed by atoms with Gasteiger partial charge in [-0.3, -0.25) is 14.7 Å². The Hall–Kier alpha value is -2.69. The van der Waals surface area contributed by atoms with E-state index in [0.717, 1.165) is 73.9 Å². The number of thiophene rings is 1. The number of aliphatic imine (C=N–C) groups is 1. The number of hydrogen-bond donors (Lipinski definition) is 1. The van der Waals surface area contributed by atoms with E-state index >= 15 is 0 Å². The molecule has 1 N–H and O–H groups in total. The number of carbonyl (C=O) groups is 1. The summed E-state index contributed by atoms with van der Waals surface area (Å²) in [6.45, 7) is 5.60. The minimum atomic E-state index is -0.0750. The summed E-state index contributed by atoms with van der Waals surface area (Å²) >= 11 is 1.56. The van der Waals surface area contributed by atoms with Gasteiger partial charge in [-0.25, -0.2) is 0 Å². The summed E-state index contributed by atoms with van der Waals surface area (Å²) in [5.74, 6) is 0.0170. The quantitative estimate of drug-likeness (QED) is 0.852. The first-order valence-corrected chi connectivity index (χ1v) is 11.0. The first-order valence-electron chi connectivity index (χ1n) is 10.2. The number of anilines is 2. The van der Waals surface area contributed by atoms with Crippen molar-refractivity contribution >= 4 is 33.6 Å². The van der Waals surface area contributed by atoms with Crippen LogP contribution in [0.25, 0.3) is 0 Å². The van der Waals surface area contributed by atoms with E-state index in [1.807, 2.05) is 12.1 Å². The third kappa shape index (κ3) is 3.54. The second kappa shape index (κ2) is 7.62. The number of nitrogens with zero attached hydrogens (tertiary/aromatic N) is 4. The second-order valence-electron chi connectivity index (χ2n) is 7.84. The maximum Gasteiger partial charge on any atom is 0.233 e. The van der Waals surface area contributed by atoms with Crippen LogP contribution < -0.4 is 10.2 Å². The summed E-state index contributed by atoms with van der Waals surface area (Å²) in [4.78, 5) is 22.7. The molecule has 6 nitrogen and oxygen atoms in total. The maximum atomic E-state index is 12.5. The molecule has 4 heterocycles. The average molecular weight is 406 g/mol. The van der Waals surface area contributed by atoms with Crippen LogP contribution in [0, 0.1) is 17.2 Å². The van der Waals surface area contributed by atoms with Crippen LogP contribution in [0.5, 0.6) is 0 Å². The molecule has 1 amide bonds. The van der Waals surface area contributed by atoms with Crippen molar-refractivity contribution < 1.29 is 4.79 Å². The first kappa shape index (κ1) is 18.3. The molecule has 5 rings (SSSR count). The Labute approximate surface area is 174 Å². The number of benzene rings is 1. The third-order valence-corrected chi connectivity index (χ3v) is 7.04. The van der Waals surface area contributed by atoms with Crippen molar-refractivity contribution in [1.29, 1.82) is 5.26 Å². The van der Waals surface area contributed by atoms with Crippen molar-refractivity contribution in [3.63, 3.8) is 0 Å². The van der Waals surface area contributed by atoms with Crippen LogP contribution in [-0.2, 0) is 11.3 Å². The molecule has 29 heavy (non-hydrogen) atoms. The highest BCUT2D eigenvalue weighted by atomic mass is 32.1. The molecule has 1 atom stereocenters. The van der Waals surface area contributed by atoms with E-state index < -0.39 is 0 Å². The zero-order valence-corrected chi connectivity index (χ0v) is 17.0. The monoisotopic (exact) mass is 405 g/mol. The molecular formula is C22H23N5OS. The fourth-order valence-corrected chi connectivity index (χ4v) is 5.30. The number of hydrogen-bond acceptors (Lipinski definition) is 6. The highest BCUT2D eigenvalue weighted by Gasteiger charge is 2.33. The molecule has 0 saturated carbocycles. The smallest absolute Gasteiger partial charge is 0.233 e. The van der Waals surface area contributed by atoms with Crippen LogP contribution in [-0.4, -0.2) is 49.2 Å². The van der Waals surface area contributed by atoms with Gasteiger partial charge in [0.25, 0.3) is 0 Å². The highest BCUT2D eigenvalue weighted by molar-refractivity contribution is 7.16.